The van der Waals surface area contributed by atoms with E-state index in [9.17, 15) is 9.59 Å². The number of carbonyl (C=O) groups is 2. The Kier molecular flexibility index (Phi) is 6.44. The quantitative estimate of drug-likeness (QED) is 0.257. The van der Waals surface area contributed by atoms with Crippen molar-refractivity contribution in [3.05, 3.63) is 57.4 Å². The van der Waals surface area contributed by atoms with Crippen LogP contribution in [0.4, 0.5) is 10.7 Å². The molecule has 35 heavy (non-hydrogen) atoms. The zero-order chi connectivity index (χ0) is 24.5. The molecule has 180 valence electrons. The van der Waals surface area contributed by atoms with E-state index in [1.54, 1.807) is 7.11 Å². The lowest BCUT2D eigenvalue weighted by molar-refractivity contribution is 0.0603. The van der Waals surface area contributed by atoms with Gasteiger partial charge in [0.25, 0.3) is 5.91 Å². The summed E-state index contributed by atoms with van der Waals surface area (Å²) in [6, 6.07) is 9.45. The summed E-state index contributed by atoms with van der Waals surface area (Å²) >= 11 is 2.55. The predicted molar refractivity (Wildman–Crippen MR) is 141 cm³/mol. The molecule has 0 aliphatic heterocycles. The zero-order valence-electron chi connectivity index (χ0n) is 19.5. The fourth-order valence-corrected chi connectivity index (χ4v) is 6.35. The third-order valence-electron chi connectivity index (χ3n) is 6.26. The number of pyridine rings is 1. The van der Waals surface area contributed by atoms with Crippen LogP contribution < -0.4 is 15.8 Å². The molecular formula is C26H25N3O4S2. The molecule has 7 nitrogen and oxygen atoms in total. The van der Waals surface area contributed by atoms with Crippen molar-refractivity contribution in [3.63, 3.8) is 0 Å². The summed E-state index contributed by atoms with van der Waals surface area (Å²) in [5.74, 6) is -0.181. The van der Waals surface area contributed by atoms with E-state index in [1.165, 1.54) is 41.8 Å². The lowest BCUT2D eigenvalue weighted by Gasteiger charge is -2.08. The molecule has 3 aromatic heterocycles. The van der Waals surface area contributed by atoms with Crippen molar-refractivity contribution in [2.45, 2.75) is 32.1 Å². The van der Waals surface area contributed by atoms with Gasteiger partial charge < -0.3 is 20.5 Å². The molecule has 1 aliphatic rings. The first kappa shape index (κ1) is 23.3. The molecule has 0 spiro atoms. The Morgan fingerprint density at radius 2 is 1.86 bits per heavy atom. The number of ether oxygens (including phenoxy) is 2. The molecule has 0 unspecified atom stereocenters. The number of anilines is 2. The van der Waals surface area contributed by atoms with Gasteiger partial charge in [-0.3, -0.25) is 4.79 Å². The molecule has 1 aliphatic carbocycles. The number of carbonyl (C=O) groups excluding carboxylic acids is 2. The van der Waals surface area contributed by atoms with Crippen molar-refractivity contribution < 1.29 is 19.1 Å². The SMILES string of the molecule is COC(=O)c1c(-c2ccc(OC)cc2)csc1NC(=O)c1sc2nc3c(cc2c1N)CCCCC3. The third-order valence-corrected chi connectivity index (χ3v) is 8.27. The van der Waals surface area contributed by atoms with Gasteiger partial charge in [0, 0.05) is 22.0 Å². The number of nitrogen functional groups attached to an aromatic ring is 1. The molecule has 0 fully saturated rings. The van der Waals surface area contributed by atoms with Gasteiger partial charge in [0.05, 0.1) is 19.9 Å². The molecule has 5 rings (SSSR count). The molecule has 4 aromatic rings. The maximum absolute atomic E-state index is 13.3. The Labute approximate surface area is 210 Å². The summed E-state index contributed by atoms with van der Waals surface area (Å²) < 4.78 is 10.3. The first-order valence-corrected chi connectivity index (χ1v) is 13.1. The minimum absolute atomic E-state index is 0.306. The average molecular weight is 508 g/mol. The highest BCUT2D eigenvalue weighted by atomic mass is 32.1. The van der Waals surface area contributed by atoms with E-state index in [2.05, 4.69) is 11.4 Å². The number of rotatable bonds is 5. The van der Waals surface area contributed by atoms with Gasteiger partial charge in [-0.25, -0.2) is 9.78 Å². The van der Waals surface area contributed by atoms with E-state index in [0.717, 1.165) is 47.2 Å². The van der Waals surface area contributed by atoms with Crippen LogP contribution in [0, 0.1) is 0 Å². The first-order chi connectivity index (χ1) is 17.0. The van der Waals surface area contributed by atoms with Crippen LogP contribution in [-0.2, 0) is 17.6 Å². The topological polar surface area (TPSA) is 104 Å². The Hall–Kier alpha value is -3.43. The van der Waals surface area contributed by atoms with E-state index in [4.69, 9.17) is 20.2 Å². The van der Waals surface area contributed by atoms with Crippen LogP contribution >= 0.6 is 22.7 Å². The maximum Gasteiger partial charge on any atom is 0.341 e. The number of hydrogen-bond donors (Lipinski definition) is 2. The Morgan fingerprint density at radius 3 is 2.60 bits per heavy atom. The number of fused-ring (bicyclic) bond motifs is 2. The fourth-order valence-electron chi connectivity index (χ4n) is 4.40. The molecule has 0 radical (unpaired) electrons. The van der Waals surface area contributed by atoms with Crippen LogP contribution in [0.15, 0.2) is 35.7 Å². The van der Waals surface area contributed by atoms with Gasteiger partial charge in [-0.15, -0.1) is 22.7 Å². The Morgan fingerprint density at radius 1 is 1.09 bits per heavy atom. The molecule has 0 saturated carbocycles. The van der Waals surface area contributed by atoms with Gasteiger partial charge in [-0.2, -0.15) is 0 Å². The van der Waals surface area contributed by atoms with Crippen molar-refractivity contribution in [3.8, 4) is 16.9 Å². The van der Waals surface area contributed by atoms with E-state index in [-0.39, 0.29) is 5.91 Å². The van der Waals surface area contributed by atoms with E-state index < -0.39 is 5.97 Å². The van der Waals surface area contributed by atoms with E-state index in [1.807, 2.05) is 29.6 Å². The van der Waals surface area contributed by atoms with Gasteiger partial charge in [-0.1, -0.05) is 18.6 Å². The molecular weight excluding hydrogens is 482 g/mol. The monoisotopic (exact) mass is 507 g/mol. The fraction of sp³-hybridized carbons (Fsp3) is 0.269. The second kappa shape index (κ2) is 9.67. The van der Waals surface area contributed by atoms with Crippen molar-refractivity contribution in [1.29, 1.82) is 0 Å². The maximum atomic E-state index is 13.3. The molecule has 1 amide bonds. The number of aromatic nitrogens is 1. The average Bonchev–Trinajstić information content (AvgIpc) is 3.34. The number of thiophene rings is 2. The van der Waals surface area contributed by atoms with Gasteiger partial charge in [0.2, 0.25) is 0 Å². The number of methoxy groups -OCH3 is 2. The third kappa shape index (κ3) is 4.37. The number of benzene rings is 1. The van der Waals surface area contributed by atoms with Gasteiger partial charge in [-0.05, 0) is 55.0 Å². The Balaban J connectivity index is 1.49. The lowest BCUT2D eigenvalue weighted by atomic mass is 10.0. The number of nitrogens with two attached hydrogens (primary N) is 1. The smallest absolute Gasteiger partial charge is 0.341 e. The zero-order valence-corrected chi connectivity index (χ0v) is 21.1. The summed E-state index contributed by atoms with van der Waals surface area (Å²) in [6.07, 6.45) is 5.42. The molecule has 3 heterocycles. The predicted octanol–water partition coefficient (Wildman–Crippen LogP) is 5.92. The van der Waals surface area contributed by atoms with Crippen molar-refractivity contribution in [1.82, 2.24) is 4.98 Å². The molecule has 1 aromatic carbocycles. The van der Waals surface area contributed by atoms with Crippen molar-refractivity contribution in [2.24, 2.45) is 0 Å². The number of hydrogen-bond acceptors (Lipinski definition) is 8. The van der Waals surface area contributed by atoms with Crippen molar-refractivity contribution in [2.75, 3.05) is 25.3 Å². The largest absolute Gasteiger partial charge is 0.497 e. The minimum Gasteiger partial charge on any atom is -0.497 e. The summed E-state index contributed by atoms with van der Waals surface area (Å²) in [5, 5.41) is 5.95. The van der Waals surface area contributed by atoms with E-state index in [0.29, 0.717) is 32.4 Å². The minimum atomic E-state index is -0.526. The van der Waals surface area contributed by atoms with Crippen LogP contribution in [0.2, 0.25) is 0 Å². The summed E-state index contributed by atoms with van der Waals surface area (Å²) in [6.45, 7) is 0. The summed E-state index contributed by atoms with van der Waals surface area (Å²) in [4.78, 5) is 32.0. The highest BCUT2D eigenvalue weighted by Crippen LogP contribution is 2.39. The lowest BCUT2D eigenvalue weighted by Crippen LogP contribution is -2.14. The molecule has 0 atom stereocenters. The first-order valence-electron chi connectivity index (χ1n) is 11.4. The number of esters is 1. The van der Waals surface area contributed by atoms with Gasteiger partial charge in [0.15, 0.2) is 0 Å². The Bertz CT molecular complexity index is 1420. The number of aryl methyl sites for hydroxylation is 2. The van der Waals surface area contributed by atoms with Crippen LogP contribution in [0.3, 0.4) is 0 Å². The highest BCUT2D eigenvalue weighted by molar-refractivity contribution is 7.21. The summed E-state index contributed by atoms with van der Waals surface area (Å²) in [7, 11) is 2.92. The molecule has 3 N–H and O–H groups in total. The molecule has 0 saturated heterocycles. The normalized spacial score (nSPS) is 13.2. The van der Waals surface area contributed by atoms with Gasteiger partial charge >= 0.3 is 5.97 Å². The van der Waals surface area contributed by atoms with Crippen LogP contribution in [-0.4, -0.2) is 31.1 Å². The van der Waals surface area contributed by atoms with Crippen LogP contribution in [0.1, 0.15) is 50.5 Å². The second-order valence-corrected chi connectivity index (χ2v) is 10.3. The number of nitrogens with zero attached hydrogens (tertiary/aromatic N) is 1. The molecule has 0 bridgehead atoms. The van der Waals surface area contributed by atoms with Crippen LogP contribution in [0.25, 0.3) is 21.3 Å². The number of nitrogens with one attached hydrogen (secondary N) is 1. The van der Waals surface area contributed by atoms with Crippen LogP contribution in [0.5, 0.6) is 5.75 Å². The van der Waals surface area contributed by atoms with E-state index >= 15 is 0 Å². The second-order valence-electron chi connectivity index (χ2n) is 8.38. The van der Waals surface area contributed by atoms with Crippen molar-refractivity contribution >= 4 is 55.5 Å². The highest BCUT2D eigenvalue weighted by Gasteiger charge is 2.25. The standard InChI is InChI=1S/C26H25N3O4S2/c1-32-16-10-8-14(9-11-16)18-13-34-25(20(18)26(31)33-2)29-23(30)22-21(27)17-12-15-6-4-3-5-7-19(15)28-24(17)35-22/h8-13H,3-7,27H2,1-2H3,(H,29,30). The summed E-state index contributed by atoms with van der Waals surface area (Å²) in [5.41, 5.74) is 11.0. The number of amides is 1. The molecule has 9 heteroatoms. The van der Waals surface area contributed by atoms with Gasteiger partial charge in [0.1, 0.15) is 26.0 Å².